The second-order valence-corrected chi connectivity index (χ2v) is 10.5. The maximum Gasteiger partial charge on any atom is 0.230 e. The van der Waals surface area contributed by atoms with Gasteiger partial charge >= 0.3 is 0 Å². The van der Waals surface area contributed by atoms with E-state index in [1.54, 1.807) is 18.4 Å². The number of aromatic nitrogens is 2. The van der Waals surface area contributed by atoms with Gasteiger partial charge in [-0.15, -0.1) is 0 Å². The van der Waals surface area contributed by atoms with E-state index in [1.165, 1.54) is 5.57 Å². The molecule has 2 atom stereocenters. The van der Waals surface area contributed by atoms with Crippen LogP contribution in [-0.4, -0.2) is 76.4 Å². The zero-order valence-electron chi connectivity index (χ0n) is 24.0. The molecule has 2 aliphatic heterocycles. The van der Waals surface area contributed by atoms with Crippen molar-refractivity contribution in [3.05, 3.63) is 65.1 Å². The van der Waals surface area contributed by atoms with Gasteiger partial charge in [-0.1, -0.05) is 43.7 Å². The number of halogens is 1. The summed E-state index contributed by atoms with van der Waals surface area (Å²) in [5, 5.41) is 18.4. The molecular formula is C31H43FN8. The van der Waals surface area contributed by atoms with Crippen molar-refractivity contribution in [1.29, 1.82) is 5.41 Å². The van der Waals surface area contributed by atoms with Gasteiger partial charge < -0.3 is 15.6 Å². The normalized spacial score (nSPS) is 22.9. The Morgan fingerprint density at radius 3 is 2.75 bits per heavy atom. The predicted molar refractivity (Wildman–Crippen MR) is 164 cm³/mol. The van der Waals surface area contributed by atoms with E-state index in [0.717, 1.165) is 81.1 Å². The Hall–Kier alpha value is -3.59. The predicted octanol–water partition coefficient (Wildman–Crippen LogP) is 6.09. The lowest BCUT2D eigenvalue weighted by Gasteiger charge is -2.40. The van der Waals surface area contributed by atoms with Gasteiger partial charge in [-0.25, -0.2) is 4.39 Å². The van der Waals surface area contributed by atoms with Crippen molar-refractivity contribution in [2.24, 2.45) is 9.98 Å². The molecule has 1 aliphatic carbocycles. The highest BCUT2D eigenvalue weighted by Gasteiger charge is 2.25. The van der Waals surface area contributed by atoms with Gasteiger partial charge in [0.25, 0.3) is 0 Å². The van der Waals surface area contributed by atoms with Crippen LogP contribution in [-0.2, 0) is 0 Å². The molecule has 9 heteroatoms. The number of guanidine groups is 1. The molecule has 2 unspecified atom stereocenters. The molecule has 1 saturated heterocycles. The maximum atomic E-state index is 13.9. The summed E-state index contributed by atoms with van der Waals surface area (Å²) in [6, 6.07) is 2.33. The van der Waals surface area contributed by atoms with E-state index in [1.807, 2.05) is 43.4 Å². The van der Waals surface area contributed by atoms with Gasteiger partial charge in [0.15, 0.2) is 5.82 Å². The molecule has 0 amide bonds. The standard InChI is InChI=1S/C31H43FN8/c1-4-7-26-22-29(38-37-26)35-31-34-28(13-12-24-9-6-10-25(32)21-24)23(3)11-14-30(36-31)40-19-17-39(18-20-40)27(8-5-2)15-16-33/h4,6-7,9-10,12-13,16,22,25,27,33H,5,8,11,14-15,17-21H2,1-3H3,(H2,34,35,37,38)/b7-4+,13-12+,28-23?,33-16?,36-30?. The quantitative estimate of drug-likeness (QED) is 0.327. The summed E-state index contributed by atoms with van der Waals surface area (Å²) in [6.07, 6.45) is 18.9. The van der Waals surface area contributed by atoms with Gasteiger partial charge in [-0.2, -0.15) is 15.1 Å². The van der Waals surface area contributed by atoms with Crippen LogP contribution in [0.1, 0.15) is 65.0 Å². The van der Waals surface area contributed by atoms with Crippen LogP contribution in [0.2, 0.25) is 0 Å². The summed E-state index contributed by atoms with van der Waals surface area (Å²) in [7, 11) is 0. The largest absolute Gasteiger partial charge is 0.357 e. The number of amidine groups is 1. The summed E-state index contributed by atoms with van der Waals surface area (Å²) >= 11 is 0. The molecule has 40 heavy (non-hydrogen) atoms. The summed E-state index contributed by atoms with van der Waals surface area (Å²) < 4.78 is 13.9. The number of nitrogens with one attached hydrogen (secondary N) is 3. The third-order valence-corrected chi connectivity index (χ3v) is 7.55. The molecule has 214 valence electrons. The van der Waals surface area contributed by atoms with Gasteiger partial charge in [-0.3, -0.25) is 10.00 Å². The number of allylic oxidation sites excluding steroid dienone is 8. The SMILES string of the molecule is C/C=C/c1cc(N=C2N=C(N3CCN(C(CC=N)CCC)CC3)CCC(C)=C(/C=C/C3=CC=CC(F)C3)N2)n[nH]1. The first-order valence-corrected chi connectivity index (χ1v) is 14.5. The van der Waals surface area contributed by atoms with E-state index in [0.29, 0.717) is 24.2 Å². The molecule has 0 aromatic carbocycles. The summed E-state index contributed by atoms with van der Waals surface area (Å²) in [5.41, 5.74) is 3.96. The Labute approximate surface area is 237 Å². The number of aromatic amines is 1. The lowest BCUT2D eigenvalue weighted by Crippen LogP contribution is -2.52. The number of nitrogens with zero attached hydrogens (tertiary/aromatic N) is 5. The third kappa shape index (κ3) is 8.21. The fourth-order valence-electron chi connectivity index (χ4n) is 5.33. The molecule has 1 fully saturated rings. The monoisotopic (exact) mass is 546 g/mol. The zero-order valence-corrected chi connectivity index (χ0v) is 24.0. The van der Waals surface area contributed by atoms with Crippen LogP contribution >= 0.6 is 0 Å². The highest BCUT2D eigenvalue weighted by Crippen LogP contribution is 2.22. The average molecular weight is 547 g/mol. The molecule has 0 radical (unpaired) electrons. The summed E-state index contributed by atoms with van der Waals surface area (Å²) in [4.78, 5) is 14.7. The number of alkyl halides is 1. The van der Waals surface area contributed by atoms with Crippen molar-refractivity contribution in [2.75, 3.05) is 26.2 Å². The van der Waals surface area contributed by atoms with E-state index in [2.05, 4.69) is 39.2 Å². The molecule has 1 aromatic rings. The van der Waals surface area contributed by atoms with Crippen LogP contribution in [0.4, 0.5) is 10.2 Å². The smallest absolute Gasteiger partial charge is 0.230 e. The van der Waals surface area contributed by atoms with Crippen LogP contribution in [0.5, 0.6) is 0 Å². The van der Waals surface area contributed by atoms with Crippen molar-refractivity contribution < 1.29 is 4.39 Å². The topological polar surface area (TPSA) is 95.8 Å². The Morgan fingerprint density at radius 2 is 2.02 bits per heavy atom. The Bertz CT molecular complexity index is 1220. The minimum Gasteiger partial charge on any atom is -0.357 e. The maximum absolute atomic E-state index is 13.9. The van der Waals surface area contributed by atoms with Crippen molar-refractivity contribution in [1.82, 2.24) is 25.3 Å². The van der Waals surface area contributed by atoms with Crippen molar-refractivity contribution >= 4 is 29.9 Å². The number of H-pyrrole nitrogens is 1. The van der Waals surface area contributed by atoms with E-state index < -0.39 is 6.17 Å². The highest BCUT2D eigenvalue weighted by atomic mass is 19.1. The molecule has 0 spiro atoms. The molecule has 8 nitrogen and oxygen atoms in total. The molecule has 0 bridgehead atoms. The molecule has 0 saturated carbocycles. The molecule has 3 aliphatic rings. The van der Waals surface area contributed by atoms with Gasteiger partial charge in [0, 0.05) is 56.8 Å². The van der Waals surface area contributed by atoms with E-state index >= 15 is 0 Å². The minimum absolute atomic E-state index is 0.383. The molecular weight excluding hydrogens is 503 g/mol. The third-order valence-electron chi connectivity index (χ3n) is 7.55. The van der Waals surface area contributed by atoms with Crippen molar-refractivity contribution in [2.45, 2.75) is 71.5 Å². The molecule has 1 aromatic heterocycles. The van der Waals surface area contributed by atoms with Gasteiger partial charge in [0.2, 0.25) is 5.96 Å². The van der Waals surface area contributed by atoms with Crippen LogP contribution in [0.15, 0.2) is 69.4 Å². The number of piperazine rings is 1. The Balaban J connectivity index is 1.56. The Kier molecular flexibility index (Phi) is 10.8. The fraction of sp³-hybridized carbons (Fsp3) is 0.484. The molecule has 4 rings (SSSR count). The van der Waals surface area contributed by atoms with Crippen molar-refractivity contribution in [3.8, 4) is 0 Å². The molecule has 3 N–H and O–H groups in total. The number of hydrogen-bond donors (Lipinski definition) is 3. The summed E-state index contributed by atoms with van der Waals surface area (Å²) in [5.74, 6) is 2.07. The fourth-order valence-corrected chi connectivity index (χ4v) is 5.33. The average Bonchev–Trinajstić information content (AvgIpc) is 3.39. The zero-order chi connectivity index (χ0) is 28.3. The first-order chi connectivity index (χ1) is 19.5. The lowest BCUT2D eigenvalue weighted by atomic mass is 10.0. The second-order valence-electron chi connectivity index (χ2n) is 10.5. The Morgan fingerprint density at radius 1 is 1.20 bits per heavy atom. The molecule has 3 heterocycles. The van der Waals surface area contributed by atoms with E-state index in [-0.39, 0.29) is 0 Å². The number of aliphatic imine (C=N–C) groups is 2. The minimum atomic E-state index is -0.942. The van der Waals surface area contributed by atoms with Crippen LogP contribution in [0, 0.1) is 5.41 Å². The number of rotatable bonds is 9. The van der Waals surface area contributed by atoms with Gasteiger partial charge in [-0.05, 0) is 62.6 Å². The van der Waals surface area contributed by atoms with Crippen molar-refractivity contribution in [3.63, 3.8) is 0 Å². The first kappa shape index (κ1) is 29.4. The van der Waals surface area contributed by atoms with E-state index in [9.17, 15) is 4.39 Å². The van der Waals surface area contributed by atoms with Crippen LogP contribution < -0.4 is 5.32 Å². The van der Waals surface area contributed by atoms with Crippen LogP contribution in [0.3, 0.4) is 0 Å². The van der Waals surface area contributed by atoms with Crippen LogP contribution in [0.25, 0.3) is 6.08 Å². The summed E-state index contributed by atoms with van der Waals surface area (Å²) in [6.45, 7) is 10.0. The van der Waals surface area contributed by atoms with E-state index in [4.69, 9.17) is 15.4 Å². The van der Waals surface area contributed by atoms with Gasteiger partial charge in [0.1, 0.15) is 12.0 Å². The second kappa shape index (κ2) is 14.7. The lowest BCUT2D eigenvalue weighted by molar-refractivity contribution is 0.128. The number of hydrogen-bond acceptors (Lipinski definition) is 5. The van der Waals surface area contributed by atoms with Gasteiger partial charge in [0.05, 0.1) is 5.69 Å². The highest BCUT2D eigenvalue weighted by molar-refractivity contribution is 5.98. The first-order valence-electron chi connectivity index (χ1n) is 14.5.